The maximum absolute atomic E-state index is 6.27. The van der Waals surface area contributed by atoms with Crippen molar-refractivity contribution < 1.29 is 4.74 Å². The van der Waals surface area contributed by atoms with Crippen molar-refractivity contribution in [1.82, 2.24) is 0 Å². The van der Waals surface area contributed by atoms with Gasteiger partial charge in [0.1, 0.15) is 5.75 Å². The highest BCUT2D eigenvalue weighted by molar-refractivity contribution is 9.08. The number of fused-ring (bicyclic) bond motifs is 1. The molecular formula is C21H27BrO. The fraction of sp³-hybridized carbons (Fsp3) is 0.524. The summed E-state index contributed by atoms with van der Waals surface area (Å²) in [6.07, 6.45) is 5.32. The molecule has 2 heteroatoms. The fourth-order valence-corrected chi connectivity index (χ4v) is 4.02. The SMILES string of the molecule is CC(C)(C)C1CCC(Oc2ccc3cc(CBr)ccc3c2)CC1. The van der Waals surface area contributed by atoms with Gasteiger partial charge in [-0.15, -0.1) is 0 Å². The molecule has 3 rings (SSSR count). The zero-order chi connectivity index (χ0) is 16.4. The van der Waals surface area contributed by atoms with E-state index in [4.69, 9.17) is 4.74 Å². The Kier molecular flexibility index (Phi) is 5.01. The molecule has 1 aliphatic rings. The molecule has 1 saturated carbocycles. The van der Waals surface area contributed by atoms with Crippen LogP contribution >= 0.6 is 15.9 Å². The first-order chi connectivity index (χ1) is 11.0. The average molecular weight is 375 g/mol. The van der Waals surface area contributed by atoms with Gasteiger partial charge in [0.15, 0.2) is 0 Å². The highest BCUT2D eigenvalue weighted by atomic mass is 79.9. The fourth-order valence-electron chi connectivity index (χ4n) is 3.67. The highest BCUT2D eigenvalue weighted by Crippen LogP contribution is 2.39. The maximum Gasteiger partial charge on any atom is 0.120 e. The van der Waals surface area contributed by atoms with E-state index in [0.717, 1.165) is 17.0 Å². The van der Waals surface area contributed by atoms with Gasteiger partial charge in [0, 0.05) is 5.33 Å². The van der Waals surface area contributed by atoms with Crippen LogP contribution in [0.1, 0.15) is 52.0 Å². The number of hydrogen-bond acceptors (Lipinski definition) is 1. The van der Waals surface area contributed by atoms with Crippen molar-refractivity contribution in [1.29, 1.82) is 0 Å². The van der Waals surface area contributed by atoms with Crippen LogP contribution < -0.4 is 4.74 Å². The Balaban J connectivity index is 1.66. The largest absolute Gasteiger partial charge is 0.490 e. The highest BCUT2D eigenvalue weighted by Gasteiger charge is 2.30. The zero-order valence-corrected chi connectivity index (χ0v) is 16.0. The summed E-state index contributed by atoms with van der Waals surface area (Å²) in [6, 6.07) is 13.1. The van der Waals surface area contributed by atoms with E-state index < -0.39 is 0 Å². The van der Waals surface area contributed by atoms with Gasteiger partial charge < -0.3 is 4.74 Å². The molecule has 0 heterocycles. The molecule has 2 aromatic carbocycles. The van der Waals surface area contributed by atoms with Crippen molar-refractivity contribution in [3.05, 3.63) is 42.0 Å². The molecule has 0 amide bonds. The van der Waals surface area contributed by atoms with E-state index in [-0.39, 0.29) is 0 Å². The van der Waals surface area contributed by atoms with Crippen LogP contribution in [0.15, 0.2) is 36.4 Å². The van der Waals surface area contributed by atoms with E-state index >= 15 is 0 Å². The molecular weight excluding hydrogens is 348 g/mol. The second kappa shape index (κ2) is 6.84. The van der Waals surface area contributed by atoms with E-state index in [1.165, 1.54) is 42.0 Å². The van der Waals surface area contributed by atoms with Gasteiger partial charge in [0.2, 0.25) is 0 Å². The molecule has 0 atom stereocenters. The van der Waals surface area contributed by atoms with Crippen molar-refractivity contribution in [3.63, 3.8) is 0 Å². The Labute approximate surface area is 148 Å². The van der Waals surface area contributed by atoms with Crippen LogP contribution in [0.5, 0.6) is 5.75 Å². The molecule has 0 unspecified atom stereocenters. The van der Waals surface area contributed by atoms with Gasteiger partial charge in [0.05, 0.1) is 6.10 Å². The van der Waals surface area contributed by atoms with Gasteiger partial charge in [0.25, 0.3) is 0 Å². The minimum absolute atomic E-state index is 0.382. The summed E-state index contributed by atoms with van der Waals surface area (Å²) < 4.78 is 6.27. The average Bonchev–Trinajstić information content (AvgIpc) is 2.54. The lowest BCUT2D eigenvalue weighted by Crippen LogP contribution is -2.30. The first-order valence-electron chi connectivity index (χ1n) is 8.71. The van der Waals surface area contributed by atoms with E-state index in [9.17, 15) is 0 Å². The third-order valence-electron chi connectivity index (χ3n) is 5.23. The minimum Gasteiger partial charge on any atom is -0.490 e. The molecule has 124 valence electrons. The standard InChI is InChI=1S/C21H27BrO/c1-21(2,3)18-7-10-19(11-8-18)23-20-9-6-16-12-15(14-22)4-5-17(16)13-20/h4-6,9,12-13,18-19H,7-8,10-11,14H2,1-3H3. The van der Waals surface area contributed by atoms with Crippen LogP contribution in [-0.4, -0.2) is 6.10 Å². The summed E-state index contributed by atoms with van der Waals surface area (Å²) in [5.74, 6) is 1.85. The molecule has 23 heavy (non-hydrogen) atoms. The number of benzene rings is 2. The third-order valence-corrected chi connectivity index (χ3v) is 5.88. The van der Waals surface area contributed by atoms with Crippen LogP contribution in [0, 0.1) is 11.3 Å². The smallest absolute Gasteiger partial charge is 0.120 e. The van der Waals surface area contributed by atoms with Crippen molar-refractivity contribution in [2.75, 3.05) is 0 Å². The molecule has 0 N–H and O–H groups in total. The molecule has 2 aromatic rings. The first kappa shape index (κ1) is 16.8. The summed E-state index contributed by atoms with van der Waals surface area (Å²) in [6.45, 7) is 7.09. The van der Waals surface area contributed by atoms with Gasteiger partial charge >= 0.3 is 0 Å². The van der Waals surface area contributed by atoms with Gasteiger partial charge in [-0.2, -0.15) is 0 Å². The first-order valence-corrected chi connectivity index (χ1v) is 9.83. The van der Waals surface area contributed by atoms with Gasteiger partial charge in [-0.1, -0.05) is 61.0 Å². The predicted octanol–water partition coefficient (Wildman–Crippen LogP) is 6.72. The quantitative estimate of drug-likeness (QED) is 0.541. The minimum atomic E-state index is 0.382. The van der Waals surface area contributed by atoms with Crippen molar-refractivity contribution in [3.8, 4) is 5.75 Å². The Morgan fingerprint density at radius 3 is 2.26 bits per heavy atom. The molecule has 0 spiro atoms. The lowest BCUT2D eigenvalue weighted by Gasteiger charge is -2.37. The number of hydrogen-bond donors (Lipinski definition) is 0. The van der Waals surface area contributed by atoms with Crippen molar-refractivity contribution in [2.45, 2.75) is 57.9 Å². The number of ether oxygens (including phenoxy) is 1. The van der Waals surface area contributed by atoms with Gasteiger partial charge in [-0.05, 0) is 65.5 Å². The number of alkyl halides is 1. The molecule has 1 fully saturated rings. The third kappa shape index (κ3) is 4.09. The molecule has 1 nitrogen and oxygen atoms in total. The monoisotopic (exact) mass is 374 g/mol. The summed E-state index contributed by atoms with van der Waals surface area (Å²) in [5, 5.41) is 3.44. The van der Waals surface area contributed by atoms with Crippen LogP contribution in [0.4, 0.5) is 0 Å². The van der Waals surface area contributed by atoms with E-state index in [1.54, 1.807) is 0 Å². The lowest BCUT2D eigenvalue weighted by molar-refractivity contribution is 0.0883. The van der Waals surface area contributed by atoms with Crippen LogP contribution in [-0.2, 0) is 5.33 Å². The maximum atomic E-state index is 6.27. The molecule has 0 bridgehead atoms. The Bertz CT molecular complexity index is 663. The molecule has 0 aliphatic heterocycles. The summed E-state index contributed by atoms with van der Waals surface area (Å²) in [5.41, 5.74) is 1.74. The molecule has 0 radical (unpaired) electrons. The molecule has 0 aromatic heterocycles. The number of halogens is 1. The van der Waals surface area contributed by atoms with Crippen molar-refractivity contribution in [2.24, 2.45) is 11.3 Å². The second-order valence-corrected chi connectivity index (χ2v) is 8.50. The van der Waals surface area contributed by atoms with Crippen LogP contribution in [0.25, 0.3) is 10.8 Å². The summed E-state index contributed by atoms with van der Waals surface area (Å²) in [7, 11) is 0. The second-order valence-electron chi connectivity index (χ2n) is 7.93. The van der Waals surface area contributed by atoms with E-state index in [1.807, 2.05) is 0 Å². The summed E-state index contributed by atoms with van der Waals surface area (Å²) in [4.78, 5) is 0. The zero-order valence-electron chi connectivity index (χ0n) is 14.4. The predicted molar refractivity (Wildman–Crippen MR) is 102 cm³/mol. The Morgan fingerprint density at radius 1 is 0.957 bits per heavy atom. The van der Waals surface area contributed by atoms with E-state index in [0.29, 0.717) is 11.5 Å². The lowest BCUT2D eigenvalue weighted by atomic mass is 9.72. The number of rotatable bonds is 3. The van der Waals surface area contributed by atoms with E-state index in [2.05, 4.69) is 73.1 Å². The van der Waals surface area contributed by atoms with Gasteiger partial charge in [-0.25, -0.2) is 0 Å². The van der Waals surface area contributed by atoms with Crippen molar-refractivity contribution >= 4 is 26.7 Å². The van der Waals surface area contributed by atoms with Gasteiger partial charge in [-0.3, -0.25) is 0 Å². The normalized spacial score (nSPS) is 22.3. The summed E-state index contributed by atoms with van der Waals surface area (Å²) >= 11 is 3.52. The Hall–Kier alpha value is -1.02. The van der Waals surface area contributed by atoms with Crippen LogP contribution in [0.3, 0.4) is 0 Å². The Morgan fingerprint density at radius 2 is 1.61 bits per heavy atom. The van der Waals surface area contributed by atoms with Crippen LogP contribution in [0.2, 0.25) is 0 Å². The topological polar surface area (TPSA) is 9.23 Å². The molecule has 1 aliphatic carbocycles. The molecule has 0 saturated heterocycles.